The Kier molecular flexibility index (Phi) is 34.4. The van der Waals surface area contributed by atoms with Crippen molar-refractivity contribution < 1.29 is 253 Å². The van der Waals surface area contributed by atoms with E-state index in [1.807, 2.05) is 0 Å². The molecule has 10 aliphatic heterocycles. The fraction of sp³-hybridized carbons (Fsp3) is 0.969. The smallest absolute Gasteiger partial charge is 0.217 e. The van der Waals surface area contributed by atoms with Gasteiger partial charge in [0.05, 0.1) is 66.1 Å². The van der Waals surface area contributed by atoms with E-state index in [1.165, 1.54) is 0 Å². The lowest BCUT2D eigenvalue weighted by atomic mass is 9.94. The number of aliphatic hydroxyl groups excluding tert-OH is 30. The van der Waals surface area contributed by atoms with Crippen LogP contribution in [0.3, 0.4) is 0 Å². The molecular formula is C64H108N2O51. The Bertz CT molecular complexity index is 3050. The van der Waals surface area contributed by atoms with Crippen molar-refractivity contribution in [2.75, 3.05) is 66.1 Å². The second kappa shape index (κ2) is 41.9. The summed E-state index contributed by atoms with van der Waals surface area (Å²) >= 11 is 0. The molecule has 0 spiro atoms. The second-order valence-electron chi connectivity index (χ2n) is 29.5. The predicted molar refractivity (Wildman–Crippen MR) is 353 cm³/mol. The first-order valence-corrected chi connectivity index (χ1v) is 37.2. The first kappa shape index (κ1) is 96.2. The summed E-state index contributed by atoms with van der Waals surface area (Å²) in [6.45, 7) is -9.16. The maximum atomic E-state index is 12.9. The highest BCUT2D eigenvalue weighted by atomic mass is 16.8. The van der Waals surface area contributed by atoms with Gasteiger partial charge in [-0.15, -0.1) is 0 Å². The van der Waals surface area contributed by atoms with Crippen LogP contribution < -0.4 is 10.6 Å². The van der Waals surface area contributed by atoms with Gasteiger partial charge in [0.25, 0.3) is 0 Å². The third-order valence-corrected chi connectivity index (χ3v) is 21.7. The van der Waals surface area contributed by atoms with E-state index in [0.29, 0.717) is 0 Å². The lowest BCUT2D eigenvalue weighted by Gasteiger charge is -2.51. The van der Waals surface area contributed by atoms with Gasteiger partial charge in [-0.05, 0) is 0 Å². The number of nitrogens with one attached hydrogen (secondary N) is 2. The molecule has 32 N–H and O–H groups in total. The van der Waals surface area contributed by atoms with E-state index in [0.717, 1.165) is 13.8 Å². The van der Waals surface area contributed by atoms with Gasteiger partial charge in [-0.25, -0.2) is 0 Å². The second-order valence-corrected chi connectivity index (χ2v) is 29.5. The van der Waals surface area contributed by atoms with Gasteiger partial charge in [-0.2, -0.15) is 0 Å². The molecule has 10 saturated heterocycles. The summed E-state index contributed by atoms with van der Waals surface area (Å²) in [4.78, 5) is 25.0. The lowest BCUT2D eigenvalue weighted by Crippen LogP contribution is -2.70. The number of ether oxygens (including phenoxy) is 19. The van der Waals surface area contributed by atoms with Crippen molar-refractivity contribution in [1.82, 2.24) is 10.6 Å². The van der Waals surface area contributed by atoms with Crippen molar-refractivity contribution in [3.05, 3.63) is 0 Å². The Hall–Kier alpha value is -3.02. The number of amides is 2. The largest absolute Gasteiger partial charge is 0.394 e. The number of hydrogen-bond donors (Lipinski definition) is 32. The van der Waals surface area contributed by atoms with Crippen LogP contribution in [0.2, 0.25) is 0 Å². The molecule has 117 heavy (non-hydrogen) atoms. The monoisotopic (exact) mass is 1720 g/mol. The first-order valence-electron chi connectivity index (χ1n) is 37.2. The highest BCUT2D eigenvalue weighted by molar-refractivity contribution is 5.73. The quantitative estimate of drug-likeness (QED) is 0.0318. The van der Waals surface area contributed by atoms with Gasteiger partial charge in [0.2, 0.25) is 11.8 Å². The summed E-state index contributed by atoms with van der Waals surface area (Å²) in [6.07, 6.45) is -103. The van der Waals surface area contributed by atoms with E-state index in [9.17, 15) is 163 Å². The highest BCUT2D eigenvalue weighted by Gasteiger charge is 2.62. The average molecular weight is 1720 g/mol. The molecule has 10 aliphatic rings. The van der Waals surface area contributed by atoms with E-state index in [1.54, 1.807) is 0 Å². The summed E-state index contributed by atoms with van der Waals surface area (Å²) in [5.74, 6) is -1.71. The van der Waals surface area contributed by atoms with Crippen LogP contribution in [0.5, 0.6) is 0 Å². The van der Waals surface area contributed by atoms with Crippen molar-refractivity contribution in [1.29, 1.82) is 0 Å². The molecule has 10 rings (SSSR count). The van der Waals surface area contributed by atoms with Gasteiger partial charge in [-0.3, -0.25) is 9.59 Å². The van der Waals surface area contributed by atoms with E-state index < -0.39 is 385 Å². The molecule has 0 aliphatic carbocycles. The molecule has 2 amide bonds. The van der Waals surface area contributed by atoms with Crippen LogP contribution in [0.25, 0.3) is 0 Å². The summed E-state index contributed by atoms with van der Waals surface area (Å²) < 4.78 is 111. The summed E-state index contributed by atoms with van der Waals surface area (Å²) in [6, 6.07) is -3.53. The van der Waals surface area contributed by atoms with Gasteiger partial charge in [-0.1, -0.05) is 0 Å². The number of rotatable bonds is 30. The van der Waals surface area contributed by atoms with E-state index in [-0.39, 0.29) is 0 Å². The molecule has 0 aromatic carbocycles. The zero-order valence-corrected chi connectivity index (χ0v) is 61.9. The molecule has 4 unspecified atom stereocenters. The Morgan fingerprint density at radius 2 is 0.462 bits per heavy atom. The zero-order valence-electron chi connectivity index (χ0n) is 61.9. The van der Waals surface area contributed by atoms with Gasteiger partial charge in [0.1, 0.15) is 244 Å². The van der Waals surface area contributed by atoms with Crippen LogP contribution in [0.15, 0.2) is 0 Å². The topological polar surface area (TPSA) is 840 Å². The SMILES string of the molecule is CC(=O)N[C@H]1[C@H](O[C@H]2[C@H](O)[C@@H](NC(C)=O)C(O)O[C@@H]2CO)O[C@H](CO)[C@@H](O[C@@H]2O[C@H](CO[C@H]3O[C@H](CO)[C@@H](O)[C@H](O)[C@@H]3O)[C@@H](O)[C@H](O[C@H]3O[C@H](CO)[C@@H](O)[C@H](O)[C@@H]3O[C@H]3O[C@H](CO)[C@@H](O)[C@H](O)[C@@H]3O[C@H]3O[C@H](CO)[C@@H](O)[C@H](OC4O[C@H](CO)[C@@H](O)[C@H](OC5O[C@H](CO)[C@@H](O)[C@H](O)[C@H]5OC5O[C@H](CO)[C@@H](O)[C@H](O)[C@H]5O)[C@H]4O)[C@@H]3O)[C@@H]2O)[C@@H]1O. The summed E-state index contributed by atoms with van der Waals surface area (Å²) in [7, 11) is 0. The molecule has 53 nitrogen and oxygen atoms in total. The Morgan fingerprint density at radius 1 is 0.222 bits per heavy atom. The van der Waals surface area contributed by atoms with Crippen molar-refractivity contribution in [3.8, 4) is 0 Å². The van der Waals surface area contributed by atoms with Crippen molar-refractivity contribution >= 4 is 11.8 Å². The van der Waals surface area contributed by atoms with Crippen LogP contribution in [0, 0.1) is 0 Å². The molecular weight excluding hydrogens is 1610 g/mol. The minimum absolute atomic E-state index is 0.782. The van der Waals surface area contributed by atoms with Gasteiger partial charge in [0.15, 0.2) is 62.9 Å². The zero-order chi connectivity index (χ0) is 85.9. The van der Waals surface area contributed by atoms with Crippen molar-refractivity contribution in [3.63, 3.8) is 0 Å². The van der Waals surface area contributed by atoms with Crippen LogP contribution in [0.1, 0.15) is 13.8 Å². The van der Waals surface area contributed by atoms with E-state index in [2.05, 4.69) is 10.6 Å². The lowest BCUT2D eigenvalue weighted by molar-refractivity contribution is -0.413. The standard InChI is InChI=1S/C64H108N2O51/c1-13(76)65-25-35(86)47(22(10-74)100-55(25)98)110-56-26(66-14(2)77)36(87)48(23(11-75)108-56)111-61-46(97)51(34(85)24(109-61)12-99-57-42(93)37(88)27(78)15(3-67)101-57)114-63-54(41(92)31(82)18(6-70)106-63)117-64-53(40(91)30(81)19(7-71)107-64)116-60-44(95)49(32(83)20(8-72)104-60)112-59-45(96)50(33(84)21(9-73)103-59)113-62-52(39(90)29(80)17(5-69)105-62)115-58-43(94)38(89)28(79)16(4-68)102-58/h15-64,67-75,78-98H,3-12H2,1-2H3,(H,65,76)(H,66,77)/t15-,16-,17-,18-,19-,20-,21-,22-,23-,24-,25-,26-,27-,28-,29-,30-,31-,32-,33-,34-,35-,36-,37+,38+,39+,40+,41+,42+,43-,44+,45-,46+,47-,48-,49+,50+,51+,52-,53+,54+,55?,56+,57+,58?,59?,60-,61+,62?,63-,64-/m1/s1. The number of carbonyl (C=O) groups is 2. The number of carbonyl (C=O) groups excluding carboxylic acids is 2. The summed E-state index contributed by atoms with van der Waals surface area (Å²) in [5.41, 5.74) is 0. The number of aliphatic hydroxyl groups is 30. The van der Waals surface area contributed by atoms with Crippen LogP contribution >= 0.6 is 0 Å². The van der Waals surface area contributed by atoms with Gasteiger partial charge in [0, 0.05) is 13.8 Å². The molecule has 0 bridgehead atoms. The molecule has 0 aromatic rings. The molecule has 0 saturated carbocycles. The molecule has 53 heteroatoms. The molecule has 0 aromatic heterocycles. The molecule has 680 valence electrons. The third kappa shape index (κ3) is 20.6. The number of hydrogen-bond acceptors (Lipinski definition) is 51. The maximum Gasteiger partial charge on any atom is 0.217 e. The maximum absolute atomic E-state index is 12.9. The fourth-order valence-electron chi connectivity index (χ4n) is 15.1. The van der Waals surface area contributed by atoms with E-state index >= 15 is 0 Å². The molecule has 10 fully saturated rings. The van der Waals surface area contributed by atoms with Crippen molar-refractivity contribution in [2.45, 2.75) is 321 Å². The Labute approximate surface area is 660 Å². The van der Waals surface area contributed by atoms with Crippen molar-refractivity contribution in [2.24, 2.45) is 0 Å². The fourth-order valence-corrected chi connectivity index (χ4v) is 15.1. The highest BCUT2D eigenvalue weighted by Crippen LogP contribution is 2.41. The minimum Gasteiger partial charge on any atom is -0.394 e. The van der Waals surface area contributed by atoms with Crippen LogP contribution in [0.4, 0.5) is 0 Å². The molecule has 10 heterocycles. The Morgan fingerprint density at radius 3 is 0.829 bits per heavy atom. The van der Waals surface area contributed by atoms with Gasteiger partial charge < -0.3 is 254 Å². The molecule has 0 radical (unpaired) electrons. The average Bonchev–Trinajstić information content (AvgIpc) is 0.766. The third-order valence-electron chi connectivity index (χ3n) is 21.7. The van der Waals surface area contributed by atoms with Gasteiger partial charge >= 0.3 is 0 Å². The first-order chi connectivity index (χ1) is 55.5. The van der Waals surface area contributed by atoms with Crippen LogP contribution in [-0.2, 0) is 99.6 Å². The van der Waals surface area contributed by atoms with Crippen LogP contribution in [-0.4, -0.2) is 538 Å². The molecule has 50 atom stereocenters. The summed E-state index contributed by atoms with van der Waals surface area (Å²) in [5, 5.41) is 337. The minimum atomic E-state index is -2.55. The normalized spacial score (nSPS) is 51.5. The Balaban J connectivity index is 0.921. The van der Waals surface area contributed by atoms with E-state index in [4.69, 9.17) is 90.0 Å². The predicted octanol–water partition coefficient (Wildman–Crippen LogP) is -22.5.